The molecule has 2 aliphatic heterocycles. The van der Waals surface area contributed by atoms with Gasteiger partial charge in [-0.05, 0) is 57.5 Å². The molecule has 3 rings (SSSR count). The second-order valence-electron chi connectivity index (χ2n) is 10.4. The van der Waals surface area contributed by atoms with E-state index in [1.165, 1.54) is 122 Å². The summed E-state index contributed by atoms with van der Waals surface area (Å²) < 4.78 is 17.5. The molecule has 35 heavy (non-hydrogen) atoms. The normalized spacial score (nSPS) is 17.8. The Bertz CT molecular complexity index is 623. The van der Waals surface area contributed by atoms with Gasteiger partial charge in [-0.25, -0.2) is 0 Å². The Morgan fingerprint density at radius 1 is 0.686 bits per heavy atom. The van der Waals surface area contributed by atoms with Crippen molar-refractivity contribution >= 4 is 12.4 Å². The standard InChI is InChI=1S/C30H51NO3.ClH/c1(3-5-7-9-11-16-22-31-23-17-13-18-24-31)2-4-6-8-10-12-19-25-32-26-28-27-33-29-20-14-15-21-30(29)34-28;/h14-15,20-21,28H,1-13,16-19,22-27H2;1H. The Morgan fingerprint density at radius 2 is 1.23 bits per heavy atom. The fourth-order valence-electron chi connectivity index (χ4n) is 5.20. The van der Waals surface area contributed by atoms with Crippen LogP contribution in [0.2, 0.25) is 0 Å². The fraction of sp³-hybridized carbons (Fsp3) is 0.800. The Labute approximate surface area is 221 Å². The van der Waals surface area contributed by atoms with Crippen LogP contribution in [0.15, 0.2) is 24.3 Å². The molecule has 0 N–H and O–H groups in total. The first-order valence-corrected chi connectivity index (χ1v) is 14.6. The van der Waals surface area contributed by atoms with Gasteiger partial charge in [0.15, 0.2) is 17.6 Å². The average molecular weight is 510 g/mol. The fourth-order valence-corrected chi connectivity index (χ4v) is 5.20. The number of rotatable bonds is 19. The molecule has 1 fully saturated rings. The van der Waals surface area contributed by atoms with Crippen LogP contribution in [-0.2, 0) is 4.74 Å². The number of benzene rings is 1. The summed E-state index contributed by atoms with van der Waals surface area (Å²) >= 11 is 0. The molecule has 0 spiro atoms. The van der Waals surface area contributed by atoms with Crippen molar-refractivity contribution in [3.63, 3.8) is 0 Å². The molecule has 1 aromatic rings. The van der Waals surface area contributed by atoms with Crippen LogP contribution in [0.4, 0.5) is 0 Å². The SMILES string of the molecule is Cl.c1ccc2c(c1)OCC(COCCCCCCCCCCCCCCCCN1CCCCC1)O2. The topological polar surface area (TPSA) is 30.9 Å². The number of halogens is 1. The average Bonchev–Trinajstić information content (AvgIpc) is 2.88. The summed E-state index contributed by atoms with van der Waals surface area (Å²) in [7, 11) is 0. The lowest BCUT2D eigenvalue weighted by Crippen LogP contribution is -2.33. The quantitative estimate of drug-likeness (QED) is 0.176. The summed E-state index contributed by atoms with van der Waals surface area (Å²) in [5, 5.41) is 0. The van der Waals surface area contributed by atoms with Crippen molar-refractivity contribution in [3.8, 4) is 11.5 Å². The van der Waals surface area contributed by atoms with E-state index >= 15 is 0 Å². The third kappa shape index (κ3) is 13.8. The molecule has 0 bridgehead atoms. The zero-order valence-electron chi connectivity index (χ0n) is 22.2. The number of unbranched alkanes of at least 4 members (excludes halogenated alkanes) is 13. The van der Waals surface area contributed by atoms with Crippen LogP contribution in [-0.4, -0.2) is 50.5 Å². The molecule has 1 aromatic carbocycles. The smallest absolute Gasteiger partial charge is 0.161 e. The monoisotopic (exact) mass is 509 g/mol. The number of likely N-dealkylation sites (tertiary alicyclic amines) is 1. The number of ether oxygens (including phenoxy) is 3. The summed E-state index contributed by atoms with van der Waals surface area (Å²) in [6, 6.07) is 7.86. The van der Waals surface area contributed by atoms with Crippen LogP contribution in [0.1, 0.15) is 109 Å². The maximum Gasteiger partial charge on any atom is 0.161 e. The first kappa shape index (κ1) is 30.3. The Balaban J connectivity index is 0.00000432. The number of piperidine rings is 1. The van der Waals surface area contributed by atoms with Gasteiger partial charge in [-0.3, -0.25) is 0 Å². The summed E-state index contributed by atoms with van der Waals surface area (Å²) in [6.45, 7) is 6.10. The van der Waals surface area contributed by atoms with E-state index in [9.17, 15) is 0 Å². The van der Waals surface area contributed by atoms with Crippen molar-refractivity contribution in [1.82, 2.24) is 4.90 Å². The Morgan fingerprint density at radius 3 is 1.86 bits per heavy atom. The van der Waals surface area contributed by atoms with Crippen LogP contribution in [0.3, 0.4) is 0 Å². The largest absolute Gasteiger partial charge is 0.486 e. The first-order valence-electron chi connectivity index (χ1n) is 14.6. The van der Waals surface area contributed by atoms with Gasteiger partial charge in [0, 0.05) is 6.61 Å². The lowest BCUT2D eigenvalue weighted by Gasteiger charge is -2.26. The van der Waals surface area contributed by atoms with Gasteiger partial charge in [-0.2, -0.15) is 0 Å². The molecule has 0 amide bonds. The maximum absolute atomic E-state index is 5.93. The summed E-state index contributed by atoms with van der Waals surface area (Å²) in [4.78, 5) is 2.68. The van der Waals surface area contributed by atoms with Crippen molar-refractivity contribution in [3.05, 3.63) is 24.3 Å². The summed E-state index contributed by atoms with van der Waals surface area (Å²) in [6.07, 6.45) is 23.9. The minimum absolute atomic E-state index is 0. The molecule has 5 heteroatoms. The highest BCUT2D eigenvalue weighted by molar-refractivity contribution is 5.85. The van der Waals surface area contributed by atoms with Gasteiger partial charge in [0.1, 0.15) is 6.61 Å². The number of hydrogen-bond donors (Lipinski definition) is 0. The number of hydrogen-bond acceptors (Lipinski definition) is 4. The maximum atomic E-state index is 5.93. The molecule has 1 atom stereocenters. The number of nitrogens with zero attached hydrogens (tertiary/aromatic N) is 1. The molecule has 4 nitrogen and oxygen atoms in total. The second kappa shape index (κ2) is 20.1. The molecule has 202 valence electrons. The zero-order valence-corrected chi connectivity index (χ0v) is 23.0. The van der Waals surface area contributed by atoms with Gasteiger partial charge in [0.05, 0.1) is 6.61 Å². The van der Waals surface area contributed by atoms with E-state index in [4.69, 9.17) is 14.2 Å². The number of para-hydroxylation sites is 2. The van der Waals surface area contributed by atoms with Crippen LogP contribution < -0.4 is 9.47 Å². The highest BCUT2D eigenvalue weighted by Crippen LogP contribution is 2.30. The molecular formula is C30H52ClNO3. The van der Waals surface area contributed by atoms with E-state index in [1.807, 2.05) is 24.3 Å². The lowest BCUT2D eigenvalue weighted by molar-refractivity contribution is 0.00778. The Hall–Kier alpha value is -0.970. The summed E-state index contributed by atoms with van der Waals surface area (Å²) in [5.74, 6) is 1.67. The zero-order chi connectivity index (χ0) is 23.5. The van der Waals surface area contributed by atoms with Gasteiger partial charge in [-0.15, -0.1) is 12.4 Å². The van der Waals surface area contributed by atoms with Crippen molar-refractivity contribution in [2.24, 2.45) is 0 Å². The molecule has 0 radical (unpaired) electrons. The van der Waals surface area contributed by atoms with Crippen LogP contribution in [0.25, 0.3) is 0 Å². The molecule has 1 saturated heterocycles. The van der Waals surface area contributed by atoms with Gasteiger partial charge in [0.2, 0.25) is 0 Å². The van der Waals surface area contributed by atoms with Crippen molar-refractivity contribution in [1.29, 1.82) is 0 Å². The van der Waals surface area contributed by atoms with Crippen molar-refractivity contribution < 1.29 is 14.2 Å². The van der Waals surface area contributed by atoms with E-state index in [2.05, 4.69) is 4.90 Å². The van der Waals surface area contributed by atoms with E-state index in [0.29, 0.717) is 13.2 Å². The molecule has 2 heterocycles. The molecular weight excluding hydrogens is 458 g/mol. The van der Waals surface area contributed by atoms with Crippen molar-refractivity contribution in [2.75, 3.05) is 39.5 Å². The Kier molecular flexibility index (Phi) is 17.4. The highest BCUT2D eigenvalue weighted by atomic mass is 35.5. The van der Waals surface area contributed by atoms with Gasteiger partial charge >= 0.3 is 0 Å². The molecule has 1 unspecified atom stereocenters. The highest BCUT2D eigenvalue weighted by Gasteiger charge is 2.20. The third-order valence-corrected chi connectivity index (χ3v) is 7.33. The minimum atomic E-state index is 0. The lowest BCUT2D eigenvalue weighted by atomic mass is 10.0. The van der Waals surface area contributed by atoms with Gasteiger partial charge in [-0.1, -0.05) is 95.6 Å². The van der Waals surface area contributed by atoms with Crippen LogP contribution in [0.5, 0.6) is 11.5 Å². The third-order valence-electron chi connectivity index (χ3n) is 7.33. The molecule has 0 aromatic heterocycles. The van der Waals surface area contributed by atoms with E-state index in [0.717, 1.165) is 24.5 Å². The molecule has 0 saturated carbocycles. The van der Waals surface area contributed by atoms with E-state index in [-0.39, 0.29) is 18.5 Å². The minimum Gasteiger partial charge on any atom is -0.486 e. The van der Waals surface area contributed by atoms with Gasteiger partial charge < -0.3 is 19.1 Å². The summed E-state index contributed by atoms with van der Waals surface area (Å²) in [5.41, 5.74) is 0. The predicted octanol–water partition coefficient (Wildman–Crippen LogP) is 8.21. The van der Waals surface area contributed by atoms with Crippen LogP contribution in [0, 0.1) is 0 Å². The van der Waals surface area contributed by atoms with Crippen LogP contribution >= 0.6 is 12.4 Å². The second-order valence-corrected chi connectivity index (χ2v) is 10.4. The van der Waals surface area contributed by atoms with Gasteiger partial charge in [0.25, 0.3) is 0 Å². The van der Waals surface area contributed by atoms with Crippen molar-refractivity contribution in [2.45, 2.75) is 115 Å². The van der Waals surface area contributed by atoms with E-state index < -0.39 is 0 Å². The predicted molar refractivity (Wildman–Crippen MR) is 149 cm³/mol. The van der Waals surface area contributed by atoms with E-state index in [1.54, 1.807) is 0 Å². The number of fused-ring (bicyclic) bond motifs is 1. The first-order chi connectivity index (χ1) is 16.9. The molecule has 0 aliphatic carbocycles. The molecule has 2 aliphatic rings.